The zero-order valence-corrected chi connectivity index (χ0v) is 33.9. The first-order valence-electron chi connectivity index (χ1n) is 19.1. The zero-order chi connectivity index (χ0) is 48.0. The molecule has 0 aromatic carbocycles. The monoisotopic (exact) mass is 923 g/mol. The number of nitrogens with one attached hydrogen (secondary N) is 7. The van der Waals surface area contributed by atoms with Crippen LogP contribution < -0.4 is 60.6 Å². The number of aliphatic hydroxyl groups excluding tert-OH is 3. The van der Waals surface area contributed by atoms with E-state index in [0.29, 0.717) is 0 Å². The normalized spacial score (nSPS) is 14.2. The number of nitrogen functional groups attached to an aromatic ring is 3. The van der Waals surface area contributed by atoms with Crippen LogP contribution in [-0.4, -0.2) is 171 Å². The predicted octanol–water partition coefficient (Wildman–Crippen LogP) is -9.35. The molecule has 6 heterocycles. The average molecular weight is 924 g/mol. The Morgan fingerprint density at radius 1 is 0.591 bits per heavy atom. The van der Waals surface area contributed by atoms with E-state index in [9.17, 15) is 58.8 Å². The molecule has 33 heteroatoms. The molecule has 33 nitrogen and oxygen atoms in total. The lowest BCUT2D eigenvalue weighted by molar-refractivity contribution is -0.145. The van der Waals surface area contributed by atoms with Crippen molar-refractivity contribution in [2.45, 2.75) is 56.1 Å². The number of imidazole rings is 3. The van der Waals surface area contributed by atoms with E-state index in [0.717, 1.165) is 23.5 Å². The number of carboxylic acid groups (broad SMARTS) is 1. The molecule has 0 fully saturated rings. The molecular formula is C33H41N21O12. The number of carboxylic acids is 1. The minimum atomic E-state index is -2.00. The molecule has 0 saturated heterocycles. The summed E-state index contributed by atoms with van der Waals surface area (Å²) in [5.74, 6) is -7.83. The molecule has 350 valence electrons. The van der Waals surface area contributed by atoms with E-state index < -0.39 is 122 Å². The second-order valence-corrected chi connectivity index (χ2v) is 14.2. The van der Waals surface area contributed by atoms with Crippen LogP contribution in [0.25, 0.3) is 33.5 Å². The van der Waals surface area contributed by atoms with Gasteiger partial charge in [0.1, 0.15) is 42.2 Å². The van der Waals surface area contributed by atoms with Crippen molar-refractivity contribution in [3.05, 3.63) is 46.0 Å². The molecule has 0 bridgehead atoms. The molecule has 6 atom stereocenters. The maximum atomic E-state index is 13.6. The summed E-state index contributed by atoms with van der Waals surface area (Å²) in [5, 5.41) is 53.9. The van der Waals surface area contributed by atoms with E-state index in [1.54, 1.807) is 0 Å². The Morgan fingerprint density at radius 2 is 1.00 bits per heavy atom. The van der Waals surface area contributed by atoms with Crippen LogP contribution in [0.15, 0.2) is 34.9 Å². The minimum Gasteiger partial charge on any atom is -0.480 e. The first-order chi connectivity index (χ1) is 31.3. The van der Waals surface area contributed by atoms with Gasteiger partial charge in [-0.05, 0) is 0 Å². The van der Waals surface area contributed by atoms with Gasteiger partial charge in [0.25, 0.3) is 11.1 Å². The number of nitrogens with zero attached hydrogens (tertiary/aromatic N) is 10. The molecule has 0 aliphatic rings. The fourth-order valence-electron chi connectivity index (χ4n) is 6.39. The van der Waals surface area contributed by atoms with E-state index in [-0.39, 0.29) is 51.2 Å². The summed E-state index contributed by atoms with van der Waals surface area (Å²) in [7, 11) is 0. The second kappa shape index (κ2) is 19.8. The van der Waals surface area contributed by atoms with Crippen LogP contribution in [0.5, 0.6) is 0 Å². The Hall–Kier alpha value is -8.69. The van der Waals surface area contributed by atoms with Gasteiger partial charge in [0.2, 0.25) is 41.4 Å². The molecule has 6 rings (SSSR count). The van der Waals surface area contributed by atoms with Crippen LogP contribution in [0.2, 0.25) is 0 Å². The number of hydrogen-bond acceptors (Lipinski definition) is 22. The van der Waals surface area contributed by atoms with Crippen molar-refractivity contribution in [2.75, 3.05) is 36.8 Å². The third-order valence-electron chi connectivity index (χ3n) is 9.53. The Balaban J connectivity index is 1.13. The van der Waals surface area contributed by atoms with Crippen molar-refractivity contribution < 1.29 is 49.2 Å². The highest BCUT2D eigenvalue weighted by molar-refractivity contribution is 5.94. The van der Waals surface area contributed by atoms with Gasteiger partial charge < -0.3 is 83.6 Å². The van der Waals surface area contributed by atoms with Gasteiger partial charge in [-0.3, -0.25) is 43.5 Å². The Labute approximate surface area is 365 Å². The van der Waals surface area contributed by atoms with Crippen LogP contribution >= 0.6 is 0 Å². The van der Waals surface area contributed by atoms with E-state index in [1.165, 1.54) is 15.5 Å². The summed E-state index contributed by atoms with van der Waals surface area (Å²) in [4.78, 5) is 134. The summed E-state index contributed by atoms with van der Waals surface area (Å²) in [6, 6.07) is -5.73. The number of aliphatic carboxylic acids is 1. The maximum absolute atomic E-state index is 13.6. The number of hydrogen-bond donors (Lipinski definition) is 15. The zero-order valence-electron chi connectivity index (χ0n) is 33.9. The molecule has 0 spiro atoms. The van der Waals surface area contributed by atoms with Gasteiger partial charge in [0, 0.05) is 0 Å². The Morgan fingerprint density at radius 3 is 1.45 bits per heavy atom. The first kappa shape index (κ1) is 46.8. The molecule has 0 unspecified atom stereocenters. The van der Waals surface area contributed by atoms with Gasteiger partial charge in [0.05, 0.1) is 58.3 Å². The first-order valence-corrected chi connectivity index (χ1v) is 19.1. The molecule has 0 aliphatic carbocycles. The fraction of sp³-hybridized carbons (Fsp3) is 0.364. The minimum absolute atomic E-state index is 0.0153. The van der Waals surface area contributed by atoms with Crippen LogP contribution in [0.4, 0.5) is 17.7 Å². The number of anilines is 3. The summed E-state index contributed by atoms with van der Waals surface area (Å²) >= 11 is 0. The maximum Gasteiger partial charge on any atom is 0.329 e. The lowest BCUT2D eigenvalue weighted by atomic mass is 10.1. The van der Waals surface area contributed by atoms with Crippen LogP contribution in [0, 0.1) is 0 Å². The van der Waals surface area contributed by atoms with Crippen LogP contribution in [0.3, 0.4) is 0 Å². The largest absolute Gasteiger partial charge is 0.480 e. The lowest BCUT2D eigenvalue weighted by Gasteiger charge is -2.25. The average Bonchev–Trinajstić information content (AvgIpc) is 3.99. The van der Waals surface area contributed by atoms with Crippen LogP contribution in [-0.2, 0) is 48.4 Å². The molecule has 5 amide bonds. The Kier molecular flexibility index (Phi) is 14.0. The SMILES string of the molecule is NCC(=O)N[C@H](C(=O)NCC(=O)N[C@H](C(=O)NCC(=O)N[C@H](C(=O)O)[C@@H](O)Cn1cnc2c(=O)[nH]c(N)nc21)[C@@H](O)Cn1cnc2c(N)ncnc21)[C@@H](O)Cn1cnc2c(=O)[nH]c(N)nc21. The molecule has 6 aromatic heterocycles. The van der Waals surface area contributed by atoms with Gasteiger partial charge >= 0.3 is 5.97 Å². The summed E-state index contributed by atoms with van der Waals surface area (Å²) in [5.41, 5.74) is 20.8. The van der Waals surface area contributed by atoms with Crippen molar-refractivity contribution >= 4 is 86.7 Å². The van der Waals surface area contributed by atoms with E-state index >= 15 is 0 Å². The number of aliphatic hydroxyl groups is 3. The van der Waals surface area contributed by atoms with Gasteiger partial charge in [0.15, 0.2) is 39.8 Å². The van der Waals surface area contributed by atoms with Crippen LogP contribution in [0.1, 0.15) is 0 Å². The number of rotatable bonds is 20. The Bertz CT molecular complexity index is 2940. The molecule has 0 radical (unpaired) electrons. The number of aromatic nitrogens is 12. The standard InChI is InChI=1S/C33H41N21O12/c34-1-14(58)45-17(12(56)5-53-9-43-21-25(53)48-32(36)50-29(21)63)27(61)38-2-15(59)46-18(11(55)4-52-8-42-20-23(35)40-7-41-24(20)52)28(62)39-3-16(60)47-19(31(65)66)13(57)6-54-10-44-22-26(54)49-33(37)51-30(22)64/h7-13,17-19,55-57H,1-6,34H2,(H,38,61)(H,39,62)(H,45,58)(H,46,59)(H,47,60)(H,65,66)(H2,35,40,41)(H3,36,48,50,63)(H3,37,49,51,64)/t11-,12-,13-,17-,18-,19-/m0/s1. The molecule has 6 aromatic rings. The summed E-state index contributed by atoms with van der Waals surface area (Å²) in [6.45, 7) is -4.09. The van der Waals surface area contributed by atoms with E-state index in [1.807, 2.05) is 5.32 Å². The van der Waals surface area contributed by atoms with Crippen molar-refractivity contribution in [1.82, 2.24) is 85.1 Å². The number of nitrogens with two attached hydrogens (primary N) is 4. The van der Waals surface area contributed by atoms with Crippen molar-refractivity contribution in [1.29, 1.82) is 0 Å². The number of H-pyrrole nitrogens is 2. The molecule has 0 saturated carbocycles. The van der Waals surface area contributed by atoms with Gasteiger partial charge in [-0.1, -0.05) is 0 Å². The lowest BCUT2D eigenvalue weighted by Crippen LogP contribution is -2.59. The quantitative estimate of drug-likeness (QED) is 0.0338. The number of carbonyl (C=O) groups excluding carboxylic acids is 5. The number of fused-ring (bicyclic) bond motifs is 3. The third kappa shape index (κ3) is 10.6. The van der Waals surface area contributed by atoms with Crippen molar-refractivity contribution in [2.24, 2.45) is 5.73 Å². The van der Waals surface area contributed by atoms with Gasteiger partial charge in [-0.25, -0.2) is 29.7 Å². The highest BCUT2D eigenvalue weighted by Crippen LogP contribution is 2.16. The molecule has 19 N–H and O–H groups in total. The smallest absolute Gasteiger partial charge is 0.329 e. The van der Waals surface area contributed by atoms with E-state index in [4.69, 9.17) is 22.9 Å². The molecule has 66 heavy (non-hydrogen) atoms. The summed E-state index contributed by atoms with van der Waals surface area (Å²) < 4.78 is 3.56. The van der Waals surface area contributed by atoms with E-state index in [2.05, 4.69) is 66.1 Å². The summed E-state index contributed by atoms with van der Waals surface area (Å²) in [6.07, 6.45) is -0.981. The predicted molar refractivity (Wildman–Crippen MR) is 221 cm³/mol. The highest BCUT2D eigenvalue weighted by Gasteiger charge is 2.34. The number of amides is 5. The van der Waals surface area contributed by atoms with Gasteiger partial charge in [-0.2, -0.15) is 9.97 Å². The number of aromatic amines is 2. The molecule has 0 aliphatic heterocycles. The second-order valence-electron chi connectivity index (χ2n) is 14.2. The fourth-order valence-corrected chi connectivity index (χ4v) is 6.39. The van der Waals surface area contributed by atoms with Gasteiger partial charge in [-0.15, -0.1) is 0 Å². The highest BCUT2D eigenvalue weighted by atomic mass is 16.4. The third-order valence-corrected chi connectivity index (χ3v) is 9.53. The molecular weight excluding hydrogens is 882 g/mol. The van der Waals surface area contributed by atoms with Crippen molar-refractivity contribution in [3.63, 3.8) is 0 Å². The van der Waals surface area contributed by atoms with Crippen molar-refractivity contribution in [3.8, 4) is 0 Å². The number of carbonyl (C=O) groups is 6. The topological polar surface area (TPSA) is 518 Å².